The van der Waals surface area contributed by atoms with Gasteiger partial charge in [0.1, 0.15) is 57.9 Å². The molecule has 0 heterocycles. The van der Waals surface area contributed by atoms with E-state index < -0.39 is 16.2 Å². The van der Waals surface area contributed by atoms with Crippen LogP contribution in [-0.2, 0) is 16.2 Å². The molecule has 0 aliphatic heterocycles. The lowest BCUT2D eigenvalue weighted by molar-refractivity contribution is 0.482. The van der Waals surface area contributed by atoms with Gasteiger partial charge in [0, 0.05) is 68.2 Å². The number of hydrogen-bond acceptors (Lipinski definition) is 6. The Morgan fingerprint density at radius 1 is 0.136 bits per heavy atom. The quantitative estimate of drug-likeness (QED) is 0.0561. The molecule has 6 nitrogen and oxygen atoms in total. The number of ether oxygens (including phenoxy) is 2. The minimum atomic E-state index is -0.909. The molecule has 22 aromatic carbocycles. The summed E-state index contributed by atoms with van der Waals surface area (Å²) in [6.45, 7) is 0. The average molecular weight is 1910 g/mol. The molecular formula is C135H88F6N4O2. The van der Waals surface area contributed by atoms with Crippen LogP contribution in [0.4, 0.5) is 94.6 Å². The maximum absolute atomic E-state index is 15.2. The summed E-state index contributed by atoms with van der Waals surface area (Å²) in [5.41, 5.74) is 29.4. The average Bonchev–Trinajstić information content (AvgIpc) is 1.55. The first-order valence-corrected chi connectivity index (χ1v) is 49.0. The van der Waals surface area contributed by atoms with Gasteiger partial charge in [0.15, 0.2) is 0 Å². The first-order chi connectivity index (χ1) is 72.3. The molecule has 0 amide bonds. The predicted octanol–water partition coefficient (Wildman–Crippen LogP) is 36.4. The van der Waals surface area contributed by atoms with Gasteiger partial charge in [-0.3, -0.25) is 0 Å². The van der Waals surface area contributed by atoms with E-state index in [1.54, 1.807) is 48.5 Å². The standard InChI is InChI=1S/C135H88F6N4O2/c136-99-47-35-93(36-48-99)134(97-43-81-119(82-44-97)146-117-15-3-1-4-16-117)129-25-13-9-21-123(129)125-85-79-115(87-131(125)134)144(113-75-55-103(140)56-76-113)107-63-31-91(32-64-107)89-27-59-105(60-28-89)142(111-71-51-101(138)52-72-111)109-67-39-95(40-68-109)133(127-23-11-7-19-121(127)122-20-8-12-24-128(122)133)96-41-69-110(70-42-96)143(112-73-53-102(139)54-74-112)106-61-29-90(30-62-106)92-33-65-108(66-34-92)145(114-77-57-104(141)58-78-114)116-80-86-126-124-22-10-14-26-130(124)135(132(126)88-116,94-37-49-100(137)50-38-94)98-45-83-120(84-46-98)147-118-17-5-2-6-18-118/h1-88H. The highest BCUT2D eigenvalue weighted by atomic mass is 19.1. The Balaban J connectivity index is 0.522. The predicted molar refractivity (Wildman–Crippen MR) is 581 cm³/mol. The van der Waals surface area contributed by atoms with E-state index in [2.05, 4.69) is 323 Å². The van der Waals surface area contributed by atoms with Crippen molar-refractivity contribution in [1.82, 2.24) is 0 Å². The molecule has 0 saturated heterocycles. The van der Waals surface area contributed by atoms with Crippen molar-refractivity contribution in [3.05, 3.63) is 636 Å². The molecule has 0 radical (unpaired) electrons. The van der Waals surface area contributed by atoms with Gasteiger partial charge in [0.2, 0.25) is 0 Å². The molecule has 3 aliphatic rings. The Morgan fingerprint density at radius 2 is 0.299 bits per heavy atom. The molecular weight excluding hydrogens is 1820 g/mol. The van der Waals surface area contributed by atoms with Gasteiger partial charge in [-0.25, -0.2) is 26.3 Å². The van der Waals surface area contributed by atoms with Gasteiger partial charge in [0.25, 0.3) is 0 Å². The molecule has 3 aliphatic carbocycles. The van der Waals surface area contributed by atoms with E-state index in [9.17, 15) is 0 Å². The Morgan fingerprint density at radius 3 is 0.544 bits per heavy atom. The molecule has 0 aromatic heterocycles. The number of halogens is 6. The number of rotatable bonds is 24. The number of fused-ring (bicyclic) bond motifs is 9. The molecule has 0 fully saturated rings. The fraction of sp³-hybridized carbons (Fsp3) is 0.0222. The molecule has 2 atom stereocenters. The SMILES string of the molecule is Fc1ccc(N(c2ccc(-c3ccc(N(c4ccc(F)cc4)c4ccc5c(c4)C(c4ccc(F)cc4)(c4ccc(Oc6ccccc6)cc4)c4ccccc4-5)cc3)cc2)c2ccc(C3(c4ccc(N(c5ccc(F)cc5)c5ccc(-c6ccc(N(c7ccc(F)cc7)c7ccc8c(c7)C(c7ccc(F)cc7)(c7ccc(Oc9ccccc9)cc7)c7ccccc7-8)cc6)cc5)cc4)c4ccccc4-c4ccccc43)cc2)cc1. The Hall–Kier alpha value is -18.8. The zero-order valence-corrected chi connectivity index (χ0v) is 79.2. The Labute approximate surface area is 848 Å². The van der Waals surface area contributed by atoms with Crippen LogP contribution in [0.15, 0.2) is 534 Å². The lowest BCUT2D eigenvalue weighted by atomic mass is 9.67. The smallest absolute Gasteiger partial charge is 0.127 e. The van der Waals surface area contributed by atoms with Crippen LogP contribution in [0.2, 0.25) is 0 Å². The van der Waals surface area contributed by atoms with E-state index in [0.717, 1.165) is 202 Å². The molecule has 2 unspecified atom stereocenters. The molecule has 22 aromatic rings. The third-order valence-electron chi connectivity index (χ3n) is 29.2. The van der Waals surface area contributed by atoms with Crippen LogP contribution < -0.4 is 29.1 Å². The van der Waals surface area contributed by atoms with Crippen LogP contribution in [0.5, 0.6) is 23.0 Å². The first kappa shape index (κ1) is 89.6. The van der Waals surface area contributed by atoms with Crippen LogP contribution >= 0.6 is 0 Å². The van der Waals surface area contributed by atoms with Crippen LogP contribution in [0, 0.1) is 34.9 Å². The number of nitrogens with zero attached hydrogens (tertiary/aromatic N) is 4. The van der Waals surface area contributed by atoms with Crippen molar-refractivity contribution in [1.29, 1.82) is 0 Å². The van der Waals surface area contributed by atoms with Gasteiger partial charge in [-0.2, -0.15) is 0 Å². The van der Waals surface area contributed by atoms with Gasteiger partial charge in [0.05, 0.1) is 16.2 Å². The van der Waals surface area contributed by atoms with Crippen LogP contribution in [0.25, 0.3) is 55.6 Å². The van der Waals surface area contributed by atoms with E-state index in [4.69, 9.17) is 9.47 Å². The van der Waals surface area contributed by atoms with Crippen molar-refractivity contribution >= 4 is 68.2 Å². The second-order valence-electron chi connectivity index (χ2n) is 37.3. The lowest BCUT2D eigenvalue weighted by Crippen LogP contribution is -2.28. The first-order valence-electron chi connectivity index (χ1n) is 49.0. The second-order valence-corrected chi connectivity index (χ2v) is 37.3. The number of benzene rings is 22. The second kappa shape index (κ2) is 37.3. The summed E-state index contributed by atoms with van der Waals surface area (Å²) in [5, 5.41) is 0. The number of para-hydroxylation sites is 2. The van der Waals surface area contributed by atoms with Gasteiger partial charge in [-0.05, 0) is 389 Å². The highest BCUT2D eigenvalue weighted by molar-refractivity contribution is 5.95. The van der Waals surface area contributed by atoms with E-state index in [1.165, 1.54) is 72.8 Å². The van der Waals surface area contributed by atoms with Gasteiger partial charge in [-0.15, -0.1) is 0 Å². The van der Waals surface area contributed by atoms with E-state index in [0.29, 0.717) is 11.5 Å². The molecule has 12 heteroatoms. The van der Waals surface area contributed by atoms with Gasteiger partial charge in [-0.1, -0.05) is 267 Å². The number of hydrogen-bond donors (Lipinski definition) is 0. The lowest BCUT2D eigenvalue weighted by Gasteiger charge is -2.35. The molecule has 0 bridgehead atoms. The summed E-state index contributed by atoms with van der Waals surface area (Å²) < 4.78 is 104. The molecule has 0 saturated carbocycles. The van der Waals surface area contributed by atoms with Crippen LogP contribution in [-0.4, -0.2) is 0 Å². The molecule has 0 N–H and O–H groups in total. The summed E-state index contributed by atoms with van der Waals surface area (Å²) in [5.74, 6) is 0.667. The van der Waals surface area contributed by atoms with Gasteiger partial charge < -0.3 is 29.1 Å². The maximum atomic E-state index is 15.2. The van der Waals surface area contributed by atoms with Crippen molar-refractivity contribution in [2.45, 2.75) is 16.2 Å². The highest BCUT2D eigenvalue weighted by Gasteiger charge is 2.50. The normalized spacial score (nSPS) is 14.2. The van der Waals surface area contributed by atoms with E-state index in [-0.39, 0.29) is 34.9 Å². The highest BCUT2D eigenvalue weighted by Crippen LogP contribution is 2.62. The Bertz CT molecular complexity index is 8130. The zero-order valence-electron chi connectivity index (χ0n) is 79.2. The molecule has 147 heavy (non-hydrogen) atoms. The molecule has 25 rings (SSSR count). The third kappa shape index (κ3) is 15.8. The van der Waals surface area contributed by atoms with Gasteiger partial charge >= 0.3 is 0 Å². The summed E-state index contributed by atoms with van der Waals surface area (Å²) in [6, 6.07) is 174. The molecule has 0 spiro atoms. The zero-order chi connectivity index (χ0) is 98.9. The van der Waals surface area contributed by atoms with Crippen LogP contribution in [0.1, 0.15) is 66.8 Å². The topological polar surface area (TPSA) is 31.4 Å². The van der Waals surface area contributed by atoms with Crippen LogP contribution in [0.3, 0.4) is 0 Å². The van der Waals surface area contributed by atoms with E-state index in [1.807, 2.05) is 109 Å². The monoisotopic (exact) mass is 1910 g/mol. The van der Waals surface area contributed by atoms with E-state index >= 15 is 26.3 Å². The Kier molecular flexibility index (Phi) is 22.7. The third-order valence-corrected chi connectivity index (χ3v) is 29.2. The summed E-state index contributed by atoms with van der Waals surface area (Å²) in [6.07, 6.45) is 0. The van der Waals surface area contributed by atoms with Crippen molar-refractivity contribution < 1.29 is 35.8 Å². The minimum Gasteiger partial charge on any atom is -0.457 e. The minimum absolute atomic E-state index is 0.340. The summed E-state index contributed by atoms with van der Waals surface area (Å²) in [4.78, 5) is 8.57. The maximum Gasteiger partial charge on any atom is 0.127 e. The van der Waals surface area contributed by atoms with Crippen molar-refractivity contribution in [3.63, 3.8) is 0 Å². The van der Waals surface area contributed by atoms with Crippen molar-refractivity contribution in [3.8, 4) is 78.6 Å². The summed E-state index contributed by atoms with van der Waals surface area (Å²) >= 11 is 0. The fourth-order valence-electron chi connectivity index (χ4n) is 22.7. The molecule has 702 valence electrons. The number of anilines is 12. The summed E-state index contributed by atoms with van der Waals surface area (Å²) in [7, 11) is 0. The fourth-order valence-corrected chi connectivity index (χ4v) is 22.7. The van der Waals surface area contributed by atoms with Crippen molar-refractivity contribution in [2.75, 3.05) is 19.6 Å². The largest absolute Gasteiger partial charge is 0.457 e. The van der Waals surface area contributed by atoms with Crippen molar-refractivity contribution in [2.24, 2.45) is 0 Å².